The highest BCUT2D eigenvalue weighted by molar-refractivity contribution is 7.20. The molecule has 0 aliphatic carbocycles. The van der Waals surface area contributed by atoms with Crippen molar-refractivity contribution in [2.75, 3.05) is 6.61 Å². The summed E-state index contributed by atoms with van der Waals surface area (Å²) in [6.45, 7) is 9.06. The molecular formula is C21H22N2O5S. The van der Waals surface area contributed by atoms with Crippen LogP contribution in [0, 0.1) is 20.8 Å². The number of aromatic amines is 1. The zero-order valence-corrected chi connectivity index (χ0v) is 17.7. The van der Waals surface area contributed by atoms with Gasteiger partial charge in [-0.05, 0) is 57.4 Å². The Bertz CT molecular complexity index is 1160. The Morgan fingerprint density at radius 1 is 1.17 bits per heavy atom. The Labute approximate surface area is 171 Å². The lowest BCUT2D eigenvalue weighted by atomic mass is 10.0. The standard InChI is InChI=1S/C21H22N2O5S/c1-6-27-21(26)16-12(4)15-18(24)22-17(23-19(15)29-16)13(5)28-20(25)14-9-7-8-10(2)11(14)3/h7-9,13H,6H2,1-5H3,(H,22,23,24)/t13-/m1/s1. The van der Waals surface area contributed by atoms with Crippen LogP contribution in [0.15, 0.2) is 23.0 Å². The molecule has 0 aliphatic rings. The number of aryl methyl sites for hydroxylation is 2. The molecule has 2 aromatic heterocycles. The lowest BCUT2D eigenvalue weighted by molar-refractivity contribution is 0.0318. The summed E-state index contributed by atoms with van der Waals surface area (Å²) in [5.41, 5.74) is 2.44. The highest BCUT2D eigenvalue weighted by Crippen LogP contribution is 2.29. The van der Waals surface area contributed by atoms with Crippen LogP contribution in [0.25, 0.3) is 10.2 Å². The maximum absolute atomic E-state index is 12.6. The number of nitrogens with one attached hydrogen (secondary N) is 1. The lowest BCUT2D eigenvalue weighted by Gasteiger charge is -2.14. The van der Waals surface area contributed by atoms with E-state index < -0.39 is 18.0 Å². The number of benzene rings is 1. The number of fused-ring (bicyclic) bond motifs is 1. The minimum absolute atomic E-state index is 0.220. The fourth-order valence-corrected chi connectivity index (χ4v) is 4.08. The Kier molecular flexibility index (Phi) is 5.83. The Hall–Kier alpha value is -3.00. The van der Waals surface area contributed by atoms with Gasteiger partial charge in [-0.2, -0.15) is 0 Å². The molecule has 0 fully saturated rings. The maximum atomic E-state index is 12.6. The first-order valence-electron chi connectivity index (χ1n) is 9.22. The number of H-pyrrole nitrogens is 1. The summed E-state index contributed by atoms with van der Waals surface area (Å²) in [6.07, 6.45) is -0.770. The zero-order valence-electron chi connectivity index (χ0n) is 16.9. The van der Waals surface area contributed by atoms with Gasteiger partial charge in [-0.15, -0.1) is 11.3 Å². The first-order chi connectivity index (χ1) is 13.7. The molecule has 0 spiro atoms. The number of hydrogen-bond acceptors (Lipinski definition) is 7. The van der Waals surface area contributed by atoms with Crippen LogP contribution < -0.4 is 5.56 Å². The fourth-order valence-electron chi connectivity index (χ4n) is 3.00. The van der Waals surface area contributed by atoms with E-state index in [2.05, 4.69) is 9.97 Å². The monoisotopic (exact) mass is 414 g/mol. The third-order valence-corrected chi connectivity index (χ3v) is 5.94. The molecule has 2 heterocycles. The molecule has 1 aromatic carbocycles. The van der Waals surface area contributed by atoms with E-state index in [0.29, 0.717) is 26.2 Å². The third kappa shape index (κ3) is 3.93. The van der Waals surface area contributed by atoms with E-state index in [1.54, 1.807) is 32.9 Å². The number of esters is 2. The fraction of sp³-hybridized carbons (Fsp3) is 0.333. The number of carbonyl (C=O) groups is 2. The molecular weight excluding hydrogens is 392 g/mol. The van der Waals surface area contributed by atoms with Gasteiger partial charge in [0, 0.05) is 0 Å². The van der Waals surface area contributed by atoms with Crippen molar-refractivity contribution in [3.05, 3.63) is 61.5 Å². The number of aromatic nitrogens is 2. The van der Waals surface area contributed by atoms with E-state index in [-0.39, 0.29) is 18.0 Å². The molecule has 152 valence electrons. The van der Waals surface area contributed by atoms with Crippen molar-refractivity contribution in [3.8, 4) is 0 Å². The summed E-state index contributed by atoms with van der Waals surface area (Å²) in [4.78, 5) is 45.1. The van der Waals surface area contributed by atoms with Gasteiger partial charge in [0.25, 0.3) is 5.56 Å². The number of nitrogens with zero attached hydrogens (tertiary/aromatic N) is 1. The molecule has 7 nitrogen and oxygen atoms in total. The van der Waals surface area contributed by atoms with Crippen molar-refractivity contribution in [1.82, 2.24) is 9.97 Å². The van der Waals surface area contributed by atoms with Crippen molar-refractivity contribution in [2.24, 2.45) is 0 Å². The van der Waals surface area contributed by atoms with Crippen molar-refractivity contribution in [1.29, 1.82) is 0 Å². The molecule has 0 saturated carbocycles. The molecule has 0 bridgehead atoms. The topological polar surface area (TPSA) is 98.3 Å². The average molecular weight is 414 g/mol. The normalized spacial score (nSPS) is 12.0. The van der Waals surface area contributed by atoms with Crippen molar-refractivity contribution < 1.29 is 19.1 Å². The van der Waals surface area contributed by atoms with Gasteiger partial charge < -0.3 is 14.5 Å². The zero-order chi connectivity index (χ0) is 21.3. The van der Waals surface area contributed by atoms with E-state index in [4.69, 9.17) is 9.47 Å². The second kappa shape index (κ2) is 8.16. The summed E-state index contributed by atoms with van der Waals surface area (Å²) in [5, 5.41) is 0.342. The number of rotatable bonds is 5. The van der Waals surface area contributed by atoms with Crippen molar-refractivity contribution in [2.45, 2.75) is 40.7 Å². The van der Waals surface area contributed by atoms with Gasteiger partial charge >= 0.3 is 11.9 Å². The van der Waals surface area contributed by atoms with E-state index in [1.165, 1.54) is 0 Å². The minimum Gasteiger partial charge on any atom is -0.462 e. The Balaban J connectivity index is 1.93. The van der Waals surface area contributed by atoms with Crippen LogP contribution >= 0.6 is 11.3 Å². The summed E-state index contributed by atoms with van der Waals surface area (Å²) in [6, 6.07) is 5.41. The Morgan fingerprint density at radius 3 is 2.59 bits per heavy atom. The third-order valence-electron chi connectivity index (χ3n) is 4.77. The van der Waals surface area contributed by atoms with Gasteiger partial charge in [-0.25, -0.2) is 14.6 Å². The largest absolute Gasteiger partial charge is 0.462 e. The lowest BCUT2D eigenvalue weighted by Crippen LogP contribution is -2.18. The number of hydrogen-bond donors (Lipinski definition) is 1. The number of carbonyl (C=O) groups excluding carboxylic acids is 2. The first-order valence-corrected chi connectivity index (χ1v) is 10.0. The highest BCUT2D eigenvalue weighted by Gasteiger charge is 2.23. The summed E-state index contributed by atoms with van der Waals surface area (Å²) < 4.78 is 10.6. The van der Waals surface area contributed by atoms with E-state index in [0.717, 1.165) is 22.5 Å². The van der Waals surface area contributed by atoms with Crippen LogP contribution in [-0.4, -0.2) is 28.5 Å². The molecule has 0 radical (unpaired) electrons. The predicted octanol–water partition coefficient (Wildman–Crippen LogP) is 4.00. The number of ether oxygens (including phenoxy) is 2. The van der Waals surface area contributed by atoms with E-state index >= 15 is 0 Å². The molecule has 8 heteroatoms. The van der Waals surface area contributed by atoms with E-state index in [1.807, 2.05) is 19.9 Å². The van der Waals surface area contributed by atoms with Crippen LogP contribution in [0.2, 0.25) is 0 Å². The molecule has 0 unspecified atom stereocenters. The summed E-state index contributed by atoms with van der Waals surface area (Å²) in [7, 11) is 0. The summed E-state index contributed by atoms with van der Waals surface area (Å²) in [5.74, 6) is -0.753. The SMILES string of the molecule is CCOC(=O)c1sc2nc([C@@H](C)OC(=O)c3cccc(C)c3C)[nH]c(=O)c2c1C. The molecule has 29 heavy (non-hydrogen) atoms. The average Bonchev–Trinajstić information content (AvgIpc) is 3.01. The molecule has 3 rings (SSSR count). The molecule has 3 aromatic rings. The maximum Gasteiger partial charge on any atom is 0.348 e. The van der Waals surface area contributed by atoms with Crippen molar-refractivity contribution in [3.63, 3.8) is 0 Å². The predicted molar refractivity (Wildman–Crippen MR) is 111 cm³/mol. The Morgan fingerprint density at radius 2 is 1.90 bits per heavy atom. The van der Waals surface area contributed by atoms with Gasteiger partial charge in [0.1, 0.15) is 9.71 Å². The first kappa shape index (κ1) is 20.7. The molecule has 0 amide bonds. The van der Waals surface area contributed by atoms with Crippen LogP contribution in [-0.2, 0) is 9.47 Å². The van der Waals surface area contributed by atoms with Gasteiger partial charge in [0.2, 0.25) is 0 Å². The van der Waals surface area contributed by atoms with Crippen molar-refractivity contribution >= 4 is 33.5 Å². The van der Waals surface area contributed by atoms with Crippen LogP contribution in [0.5, 0.6) is 0 Å². The summed E-state index contributed by atoms with van der Waals surface area (Å²) >= 11 is 1.09. The van der Waals surface area contributed by atoms with Crippen LogP contribution in [0.4, 0.5) is 0 Å². The van der Waals surface area contributed by atoms with Gasteiger partial charge in [-0.1, -0.05) is 12.1 Å². The van der Waals surface area contributed by atoms with E-state index in [9.17, 15) is 14.4 Å². The smallest absolute Gasteiger partial charge is 0.348 e. The van der Waals surface area contributed by atoms with Crippen LogP contribution in [0.3, 0.4) is 0 Å². The second-order valence-electron chi connectivity index (χ2n) is 6.70. The van der Waals surface area contributed by atoms with Gasteiger partial charge in [-0.3, -0.25) is 4.79 Å². The highest BCUT2D eigenvalue weighted by atomic mass is 32.1. The molecule has 0 saturated heterocycles. The quantitative estimate of drug-likeness (QED) is 0.634. The molecule has 1 N–H and O–H groups in total. The molecule has 0 aliphatic heterocycles. The minimum atomic E-state index is -0.770. The van der Waals surface area contributed by atoms with Gasteiger partial charge in [0.15, 0.2) is 11.9 Å². The van der Waals surface area contributed by atoms with Gasteiger partial charge in [0.05, 0.1) is 17.6 Å². The molecule has 1 atom stereocenters. The van der Waals surface area contributed by atoms with Crippen LogP contribution in [0.1, 0.15) is 62.5 Å². The number of thiophene rings is 1. The second-order valence-corrected chi connectivity index (χ2v) is 7.70.